The third kappa shape index (κ3) is 2.58. The van der Waals surface area contributed by atoms with Crippen LogP contribution >= 0.6 is 0 Å². The molecule has 1 aromatic carbocycles. The maximum Gasteiger partial charge on any atom is 0.417 e. The smallest absolute Gasteiger partial charge is 0.366 e. The van der Waals surface area contributed by atoms with E-state index in [-0.39, 0.29) is 11.0 Å². The van der Waals surface area contributed by atoms with Gasteiger partial charge in [0.1, 0.15) is 0 Å². The van der Waals surface area contributed by atoms with E-state index in [1.54, 1.807) is 0 Å². The van der Waals surface area contributed by atoms with Gasteiger partial charge in [0.2, 0.25) is 11.6 Å². The number of primary amides is 1. The van der Waals surface area contributed by atoms with Gasteiger partial charge in [0.25, 0.3) is 0 Å². The molecule has 0 bridgehead atoms. The minimum absolute atomic E-state index is 0.0238. The molecule has 4 rings (SSSR count). The van der Waals surface area contributed by atoms with Crippen molar-refractivity contribution in [1.29, 1.82) is 0 Å². The molecule has 0 saturated carbocycles. The van der Waals surface area contributed by atoms with Gasteiger partial charge < -0.3 is 16.0 Å². The number of hydrogen-bond acceptors (Lipinski definition) is 7. The predicted molar refractivity (Wildman–Crippen MR) is 84.7 cm³/mol. The first-order chi connectivity index (χ1) is 12.4. The molecule has 1 aliphatic heterocycles. The van der Waals surface area contributed by atoms with E-state index in [2.05, 4.69) is 25.8 Å². The summed E-state index contributed by atoms with van der Waals surface area (Å²) >= 11 is 0. The number of nitrogens with zero attached hydrogens (tertiary/aromatic N) is 6. The van der Waals surface area contributed by atoms with E-state index in [0.29, 0.717) is 37.6 Å². The Hall–Kier alpha value is -3.02. The van der Waals surface area contributed by atoms with Gasteiger partial charge in [-0.25, -0.2) is 4.98 Å². The molecule has 0 radical (unpaired) electrons. The van der Waals surface area contributed by atoms with Gasteiger partial charge >= 0.3 is 6.18 Å². The summed E-state index contributed by atoms with van der Waals surface area (Å²) < 4.78 is 41.3. The Labute approximate surface area is 144 Å². The lowest BCUT2D eigenvalue weighted by atomic mass is 10.0. The van der Waals surface area contributed by atoms with Gasteiger partial charge in [-0.3, -0.25) is 4.79 Å². The highest BCUT2D eigenvalue weighted by atomic mass is 19.4. The maximum absolute atomic E-state index is 13.3. The van der Waals surface area contributed by atoms with E-state index in [1.807, 2.05) is 4.90 Å². The number of hydrogen-bond donors (Lipinski definition) is 2. The van der Waals surface area contributed by atoms with Crippen LogP contribution in [-0.2, 0) is 6.18 Å². The number of carbonyl (C=O) groups is 1. The molecule has 3 N–H and O–H groups in total. The number of nitrogens with two attached hydrogens (primary N) is 1. The minimum atomic E-state index is -4.75. The van der Waals surface area contributed by atoms with E-state index in [9.17, 15) is 18.0 Å². The number of carbonyl (C=O) groups excluding carboxylic acids is 1. The molecule has 12 heteroatoms. The van der Waals surface area contributed by atoms with Crippen LogP contribution in [0.4, 0.5) is 19.0 Å². The maximum atomic E-state index is 13.3. The largest absolute Gasteiger partial charge is 0.417 e. The zero-order valence-corrected chi connectivity index (χ0v) is 13.3. The molecule has 1 saturated heterocycles. The van der Waals surface area contributed by atoms with Crippen molar-refractivity contribution in [2.45, 2.75) is 6.18 Å². The van der Waals surface area contributed by atoms with Crippen LogP contribution in [0.5, 0.6) is 0 Å². The van der Waals surface area contributed by atoms with Crippen molar-refractivity contribution >= 4 is 28.4 Å². The number of amides is 1. The number of halogens is 3. The lowest BCUT2D eigenvalue weighted by Gasteiger charge is -2.28. The molecule has 136 valence electrons. The zero-order valence-electron chi connectivity index (χ0n) is 13.3. The number of benzene rings is 1. The molecule has 2 aromatic heterocycles. The standard InChI is InChI=1S/C14H13F3N8O/c15-14(16,17)8-6-9-10(5-7(8)11(18)26)25-13(21-22-23-25)12(20-9)24-3-1-19-2-4-24/h5-6,19H,1-4H2,(H2,18,26). The molecule has 3 aromatic rings. The van der Waals surface area contributed by atoms with E-state index >= 15 is 0 Å². The summed E-state index contributed by atoms with van der Waals surface area (Å²) in [5, 5.41) is 14.5. The summed E-state index contributed by atoms with van der Waals surface area (Å²) in [6.45, 7) is 2.66. The second-order valence-corrected chi connectivity index (χ2v) is 5.84. The van der Waals surface area contributed by atoms with Gasteiger partial charge in [0, 0.05) is 26.2 Å². The van der Waals surface area contributed by atoms with Gasteiger partial charge in [0.15, 0.2) is 5.82 Å². The Bertz CT molecular complexity index is 1010. The fraction of sp³-hybridized carbons (Fsp3) is 0.357. The lowest BCUT2D eigenvalue weighted by molar-refractivity contribution is -0.137. The summed E-state index contributed by atoms with van der Waals surface area (Å²) in [6, 6.07) is 1.83. The van der Waals surface area contributed by atoms with Crippen LogP contribution in [0.25, 0.3) is 16.7 Å². The van der Waals surface area contributed by atoms with Crippen molar-refractivity contribution < 1.29 is 18.0 Å². The van der Waals surface area contributed by atoms with Crippen molar-refractivity contribution in [3.63, 3.8) is 0 Å². The molecule has 3 heterocycles. The number of fused-ring (bicyclic) bond motifs is 3. The summed E-state index contributed by atoms with van der Waals surface area (Å²) in [5.41, 5.74) is 3.84. The second-order valence-electron chi connectivity index (χ2n) is 5.84. The number of aromatic nitrogens is 5. The molecule has 0 unspecified atom stereocenters. The SMILES string of the molecule is NC(=O)c1cc2c(cc1C(F)(F)F)nc(N1CCNCC1)c1nnnn12. The predicted octanol–water partition coefficient (Wildman–Crippen LogP) is 0.200. The molecular formula is C14H13F3N8O. The Morgan fingerprint density at radius 3 is 2.62 bits per heavy atom. The van der Waals surface area contributed by atoms with Crippen LogP contribution in [0.3, 0.4) is 0 Å². The molecule has 26 heavy (non-hydrogen) atoms. The summed E-state index contributed by atoms with van der Waals surface area (Å²) in [7, 11) is 0. The average molecular weight is 366 g/mol. The molecule has 9 nitrogen and oxygen atoms in total. The van der Waals surface area contributed by atoms with Gasteiger partial charge in [0.05, 0.1) is 22.2 Å². The molecule has 1 aliphatic rings. The zero-order chi connectivity index (χ0) is 18.5. The topological polar surface area (TPSA) is 114 Å². The second kappa shape index (κ2) is 5.76. The Balaban J connectivity index is 2.02. The normalized spacial score (nSPS) is 15.7. The van der Waals surface area contributed by atoms with Crippen LogP contribution in [0, 0.1) is 0 Å². The van der Waals surface area contributed by atoms with Crippen molar-refractivity contribution in [2.24, 2.45) is 5.73 Å². The van der Waals surface area contributed by atoms with Gasteiger partial charge in [-0.2, -0.15) is 17.7 Å². The molecule has 1 amide bonds. The van der Waals surface area contributed by atoms with Crippen molar-refractivity contribution in [3.8, 4) is 0 Å². The summed E-state index contributed by atoms with van der Waals surface area (Å²) in [5.74, 6) is -0.796. The number of tetrazole rings is 1. The quantitative estimate of drug-likeness (QED) is 0.666. The van der Waals surface area contributed by atoms with Crippen LogP contribution in [0.1, 0.15) is 15.9 Å². The van der Waals surface area contributed by atoms with Crippen LogP contribution in [-0.4, -0.2) is 57.1 Å². The van der Waals surface area contributed by atoms with Crippen LogP contribution in [0.2, 0.25) is 0 Å². The third-order valence-electron chi connectivity index (χ3n) is 4.23. The van der Waals surface area contributed by atoms with Crippen molar-refractivity contribution in [3.05, 3.63) is 23.3 Å². The van der Waals surface area contributed by atoms with E-state index in [4.69, 9.17) is 5.73 Å². The number of anilines is 1. The highest BCUT2D eigenvalue weighted by Gasteiger charge is 2.36. The number of rotatable bonds is 2. The summed E-state index contributed by atoms with van der Waals surface area (Å²) in [4.78, 5) is 17.8. The van der Waals surface area contributed by atoms with Crippen molar-refractivity contribution in [2.75, 3.05) is 31.1 Å². The number of nitrogens with one attached hydrogen (secondary N) is 1. The summed E-state index contributed by atoms with van der Waals surface area (Å²) in [6.07, 6.45) is -4.75. The molecular weight excluding hydrogens is 353 g/mol. The number of alkyl halides is 3. The monoisotopic (exact) mass is 366 g/mol. The third-order valence-corrected chi connectivity index (χ3v) is 4.23. The first-order valence-corrected chi connectivity index (χ1v) is 7.75. The average Bonchev–Trinajstić information content (AvgIpc) is 3.09. The van der Waals surface area contributed by atoms with E-state index in [1.165, 1.54) is 4.52 Å². The molecule has 0 aliphatic carbocycles. The van der Waals surface area contributed by atoms with Crippen molar-refractivity contribution in [1.82, 2.24) is 30.3 Å². The van der Waals surface area contributed by atoms with Gasteiger partial charge in [-0.1, -0.05) is 0 Å². The minimum Gasteiger partial charge on any atom is -0.366 e. The van der Waals surface area contributed by atoms with Gasteiger partial charge in [-0.15, -0.1) is 5.10 Å². The highest BCUT2D eigenvalue weighted by Crippen LogP contribution is 2.35. The Morgan fingerprint density at radius 2 is 1.96 bits per heavy atom. The fourth-order valence-corrected chi connectivity index (χ4v) is 3.02. The number of piperazine rings is 1. The fourth-order valence-electron chi connectivity index (χ4n) is 3.02. The highest BCUT2D eigenvalue weighted by molar-refractivity contribution is 5.99. The Kier molecular flexibility index (Phi) is 3.64. The first kappa shape index (κ1) is 16.4. The Morgan fingerprint density at radius 1 is 1.23 bits per heavy atom. The van der Waals surface area contributed by atoms with Crippen LogP contribution in [0.15, 0.2) is 12.1 Å². The van der Waals surface area contributed by atoms with Crippen LogP contribution < -0.4 is 16.0 Å². The first-order valence-electron chi connectivity index (χ1n) is 7.75. The van der Waals surface area contributed by atoms with E-state index in [0.717, 1.165) is 12.1 Å². The molecule has 0 atom stereocenters. The lowest BCUT2D eigenvalue weighted by Crippen LogP contribution is -2.44. The van der Waals surface area contributed by atoms with E-state index < -0.39 is 23.2 Å². The van der Waals surface area contributed by atoms with Gasteiger partial charge in [-0.05, 0) is 22.6 Å². The molecule has 1 fully saturated rings. The molecule has 0 spiro atoms.